The molecule has 0 heterocycles. The van der Waals surface area contributed by atoms with Gasteiger partial charge in [0.05, 0.1) is 0 Å². The molecule has 0 fully saturated rings. The molecule has 0 atom stereocenters. The van der Waals surface area contributed by atoms with Crippen LogP contribution < -0.4 is 4.46 Å². The van der Waals surface area contributed by atoms with Gasteiger partial charge in [0, 0.05) is 0 Å². The van der Waals surface area contributed by atoms with Crippen molar-refractivity contribution in [3.8, 4) is 0 Å². The van der Waals surface area contributed by atoms with Crippen LogP contribution in [0.5, 0.6) is 0 Å². The Kier molecular flexibility index (Phi) is 7.15. The second-order valence-electron chi connectivity index (χ2n) is 2.91. The van der Waals surface area contributed by atoms with Gasteiger partial charge in [-0.25, -0.2) is 0 Å². The molecule has 0 saturated carbocycles. The normalized spacial score (nSPS) is 12.0. The van der Waals surface area contributed by atoms with Crippen LogP contribution in [0.3, 0.4) is 0 Å². The van der Waals surface area contributed by atoms with Crippen molar-refractivity contribution in [2.45, 2.75) is 6.92 Å². The Balaban J connectivity index is 2.53. The quantitative estimate of drug-likeness (QED) is 0.454. The zero-order chi connectivity index (χ0) is 11.6. The Morgan fingerprint density at radius 3 is 2.75 bits per heavy atom. The van der Waals surface area contributed by atoms with Crippen molar-refractivity contribution in [1.82, 2.24) is 0 Å². The van der Waals surface area contributed by atoms with Crippen LogP contribution in [-0.2, 0) is 4.74 Å². The second kappa shape index (κ2) is 8.51. The van der Waals surface area contributed by atoms with Gasteiger partial charge in [-0.2, -0.15) is 0 Å². The molecule has 0 aliphatic heterocycles. The molecular weight excluding hydrogens is 283 g/mol. The molecule has 1 rings (SSSR count). The molecule has 3 heteroatoms. The molecule has 86 valence electrons. The van der Waals surface area contributed by atoms with Gasteiger partial charge in [-0.05, 0) is 0 Å². The summed E-state index contributed by atoms with van der Waals surface area (Å²) in [5.41, 5.74) is 0. The third-order valence-electron chi connectivity index (χ3n) is 1.79. The molecular formula is C13H16OSSe. The van der Waals surface area contributed by atoms with Crippen LogP contribution in [0.15, 0.2) is 52.5 Å². The standard InChI is InChI=1S/C13H16OSSe/c1-3-14-10-9-12(15-2)11-16-13-7-5-4-6-8-13/h4-11H,3H2,1-2H3/b10-9+,12-11+. The fourth-order valence-corrected chi connectivity index (χ4v) is 3.49. The molecule has 1 aromatic rings. The molecule has 0 N–H and O–H groups in total. The number of rotatable bonds is 6. The summed E-state index contributed by atoms with van der Waals surface area (Å²) >= 11 is 2.15. The molecule has 0 spiro atoms. The number of hydrogen-bond acceptors (Lipinski definition) is 2. The van der Waals surface area contributed by atoms with E-state index in [-0.39, 0.29) is 0 Å². The van der Waals surface area contributed by atoms with Crippen LogP contribution in [0.4, 0.5) is 0 Å². The van der Waals surface area contributed by atoms with E-state index in [0.29, 0.717) is 15.0 Å². The minimum atomic E-state index is 0.399. The third-order valence-corrected chi connectivity index (χ3v) is 4.77. The first-order chi connectivity index (χ1) is 7.86. The first-order valence-corrected chi connectivity index (χ1v) is 8.18. The summed E-state index contributed by atoms with van der Waals surface area (Å²) in [6.45, 7) is 2.71. The van der Waals surface area contributed by atoms with Gasteiger partial charge in [-0.3, -0.25) is 0 Å². The van der Waals surface area contributed by atoms with Gasteiger partial charge in [0.15, 0.2) is 0 Å². The summed E-state index contributed by atoms with van der Waals surface area (Å²) < 4.78 is 6.58. The van der Waals surface area contributed by atoms with Crippen molar-refractivity contribution in [3.05, 3.63) is 52.5 Å². The molecule has 1 aromatic carbocycles. The summed E-state index contributed by atoms with van der Waals surface area (Å²) in [5.74, 6) is 0. The Labute approximate surface area is 108 Å². The Morgan fingerprint density at radius 1 is 1.38 bits per heavy atom. The van der Waals surface area contributed by atoms with E-state index >= 15 is 0 Å². The summed E-state index contributed by atoms with van der Waals surface area (Å²) in [6, 6.07) is 10.6. The summed E-state index contributed by atoms with van der Waals surface area (Å²) in [4.78, 5) is 3.54. The molecule has 16 heavy (non-hydrogen) atoms. The Hall–Kier alpha value is -0.631. The van der Waals surface area contributed by atoms with E-state index in [1.54, 1.807) is 18.0 Å². The number of benzene rings is 1. The van der Waals surface area contributed by atoms with Crippen LogP contribution in [-0.4, -0.2) is 27.8 Å². The summed E-state index contributed by atoms with van der Waals surface area (Å²) in [5, 5.41) is 0. The molecule has 0 aromatic heterocycles. The molecule has 0 aliphatic rings. The minimum absolute atomic E-state index is 0.399. The molecule has 0 radical (unpaired) electrons. The van der Waals surface area contributed by atoms with Crippen molar-refractivity contribution in [1.29, 1.82) is 0 Å². The number of allylic oxidation sites excluding steroid dienone is 1. The van der Waals surface area contributed by atoms with E-state index in [1.165, 1.54) is 9.37 Å². The van der Waals surface area contributed by atoms with Crippen molar-refractivity contribution < 1.29 is 4.74 Å². The summed E-state index contributed by atoms with van der Waals surface area (Å²) in [6.07, 6.45) is 5.88. The fraction of sp³-hybridized carbons (Fsp3) is 0.231. The molecule has 1 nitrogen and oxygen atoms in total. The predicted octanol–water partition coefficient (Wildman–Crippen LogP) is 2.77. The van der Waals surface area contributed by atoms with E-state index in [2.05, 4.69) is 35.5 Å². The van der Waals surface area contributed by atoms with Crippen molar-refractivity contribution in [2.75, 3.05) is 12.9 Å². The number of ether oxygens (including phenoxy) is 1. The van der Waals surface area contributed by atoms with Gasteiger partial charge in [0.25, 0.3) is 0 Å². The van der Waals surface area contributed by atoms with Gasteiger partial charge in [-0.15, -0.1) is 0 Å². The zero-order valence-electron chi connectivity index (χ0n) is 9.55. The average Bonchev–Trinajstić information content (AvgIpc) is 2.35. The molecule has 0 bridgehead atoms. The van der Waals surface area contributed by atoms with Gasteiger partial charge in [0.2, 0.25) is 0 Å². The maximum absolute atomic E-state index is 5.19. The molecule has 0 amide bonds. The van der Waals surface area contributed by atoms with E-state index in [1.807, 2.05) is 19.1 Å². The van der Waals surface area contributed by atoms with Crippen LogP contribution in [0, 0.1) is 0 Å². The van der Waals surface area contributed by atoms with E-state index in [9.17, 15) is 0 Å². The van der Waals surface area contributed by atoms with E-state index < -0.39 is 0 Å². The van der Waals surface area contributed by atoms with Gasteiger partial charge >= 0.3 is 108 Å². The van der Waals surface area contributed by atoms with Gasteiger partial charge in [-0.1, -0.05) is 0 Å². The maximum atomic E-state index is 5.19. The Morgan fingerprint density at radius 2 is 2.12 bits per heavy atom. The van der Waals surface area contributed by atoms with Gasteiger partial charge < -0.3 is 0 Å². The fourth-order valence-electron chi connectivity index (χ4n) is 0.992. The van der Waals surface area contributed by atoms with Gasteiger partial charge in [0.1, 0.15) is 0 Å². The Bertz CT molecular complexity index is 346. The van der Waals surface area contributed by atoms with Crippen LogP contribution in [0.2, 0.25) is 0 Å². The van der Waals surface area contributed by atoms with Crippen LogP contribution >= 0.6 is 11.8 Å². The number of hydrogen-bond donors (Lipinski definition) is 0. The van der Waals surface area contributed by atoms with E-state index in [0.717, 1.165) is 6.61 Å². The van der Waals surface area contributed by atoms with Crippen molar-refractivity contribution in [2.24, 2.45) is 0 Å². The monoisotopic (exact) mass is 300 g/mol. The molecule has 0 saturated heterocycles. The molecule has 0 unspecified atom stereocenters. The summed E-state index contributed by atoms with van der Waals surface area (Å²) in [7, 11) is 0. The first kappa shape index (κ1) is 13.4. The topological polar surface area (TPSA) is 9.23 Å². The third kappa shape index (κ3) is 5.45. The van der Waals surface area contributed by atoms with Crippen molar-refractivity contribution >= 4 is 31.2 Å². The van der Waals surface area contributed by atoms with Crippen molar-refractivity contribution in [3.63, 3.8) is 0 Å². The molecule has 0 aliphatic carbocycles. The SMILES string of the molecule is CCO/C=C/C(=C\[Se]c1ccccc1)SC. The van der Waals surface area contributed by atoms with Crippen LogP contribution in [0.1, 0.15) is 6.92 Å². The first-order valence-electron chi connectivity index (χ1n) is 5.11. The average molecular weight is 299 g/mol. The van der Waals surface area contributed by atoms with Crippen LogP contribution in [0.25, 0.3) is 0 Å². The predicted molar refractivity (Wildman–Crippen MR) is 74.2 cm³/mol. The number of thioether (sulfide) groups is 1. The van der Waals surface area contributed by atoms with E-state index in [4.69, 9.17) is 4.74 Å². The second-order valence-corrected chi connectivity index (χ2v) is 5.77. The zero-order valence-corrected chi connectivity index (χ0v) is 12.1.